The van der Waals surface area contributed by atoms with Crippen molar-refractivity contribution >= 4 is 12.1 Å². The summed E-state index contributed by atoms with van der Waals surface area (Å²) in [6.45, 7) is 15.7. The monoisotopic (exact) mass is 671 g/mol. The summed E-state index contributed by atoms with van der Waals surface area (Å²) in [4.78, 5) is 28.2. The van der Waals surface area contributed by atoms with E-state index in [-0.39, 0.29) is 25.7 Å². The molecule has 0 aliphatic heterocycles. The lowest BCUT2D eigenvalue weighted by atomic mass is 9.88. The molecule has 3 unspecified atom stereocenters. The van der Waals surface area contributed by atoms with Crippen molar-refractivity contribution in [1.82, 2.24) is 9.80 Å². The molecule has 0 amide bonds. The molecule has 2 N–H and O–H groups in total. The quantitative estimate of drug-likeness (QED) is 0.0508. The van der Waals surface area contributed by atoms with Crippen LogP contribution < -0.4 is 0 Å². The van der Waals surface area contributed by atoms with Crippen molar-refractivity contribution in [2.45, 2.75) is 188 Å². The number of carboxylic acid groups (broad SMARTS) is 1. The summed E-state index contributed by atoms with van der Waals surface area (Å²) in [7, 11) is 0. The number of carbonyl (C=O) groups is 2. The number of hydrogen-bond acceptors (Lipinski definition) is 7. The molecule has 8 nitrogen and oxygen atoms in total. The van der Waals surface area contributed by atoms with E-state index in [1.807, 2.05) is 0 Å². The number of rotatable bonds is 35. The third kappa shape index (κ3) is 27.2. The SMILES string of the molecule is CCCCCCCC(CCCC)C(C)N(CC)CCN(CCO)CCOC(=O)OC(CCCCCC)CCCCCCCCC(=O)O. The van der Waals surface area contributed by atoms with Crippen LogP contribution in [0.1, 0.15) is 176 Å². The minimum absolute atomic E-state index is 0.0857. The van der Waals surface area contributed by atoms with Gasteiger partial charge in [0.05, 0.1) is 6.61 Å². The topological polar surface area (TPSA) is 99.5 Å². The number of ether oxygens (including phenoxy) is 2. The van der Waals surface area contributed by atoms with Gasteiger partial charge >= 0.3 is 12.1 Å². The number of carboxylic acids is 1. The standard InChI is InChI=1S/C39H78N2O6/c1-6-10-13-17-20-25-36(24-12-8-3)35(5)41(9-4)30-29-40(31-33-42)32-34-46-39(45)47-37(26-21-14-11-7-2)27-22-18-15-16-19-23-28-38(43)44/h35-37,42H,6-34H2,1-5H3,(H,43,44). The molecular formula is C39H78N2O6. The number of hydrogen-bond donors (Lipinski definition) is 2. The Bertz CT molecular complexity index is 709. The van der Waals surface area contributed by atoms with Crippen LogP contribution in [0.25, 0.3) is 0 Å². The molecule has 0 spiro atoms. The molecule has 47 heavy (non-hydrogen) atoms. The molecule has 0 radical (unpaired) electrons. The van der Waals surface area contributed by atoms with Crippen LogP contribution in [0.5, 0.6) is 0 Å². The van der Waals surface area contributed by atoms with E-state index in [0.29, 0.717) is 19.1 Å². The average Bonchev–Trinajstić information content (AvgIpc) is 3.05. The van der Waals surface area contributed by atoms with E-state index in [4.69, 9.17) is 14.6 Å². The fraction of sp³-hybridized carbons (Fsp3) is 0.949. The van der Waals surface area contributed by atoms with Crippen LogP contribution in [0.4, 0.5) is 4.79 Å². The summed E-state index contributed by atoms with van der Waals surface area (Å²) < 4.78 is 11.4. The normalized spacial score (nSPS) is 13.6. The Morgan fingerprint density at radius 2 is 1.17 bits per heavy atom. The molecule has 0 aliphatic rings. The maximum atomic E-state index is 12.7. The van der Waals surface area contributed by atoms with Gasteiger partial charge in [0.2, 0.25) is 0 Å². The molecule has 0 aliphatic carbocycles. The maximum absolute atomic E-state index is 12.7. The zero-order valence-corrected chi connectivity index (χ0v) is 31.7. The summed E-state index contributed by atoms with van der Waals surface area (Å²) in [6, 6.07) is 0.533. The van der Waals surface area contributed by atoms with Crippen molar-refractivity contribution in [3.8, 4) is 0 Å². The van der Waals surface area contributed by atoms with E-state index in [2.05, 4.69) is 44.4 Å². The fourth-order valence-electron chi connectivity index (χ4n) is 6.64. The van der Waals surface area contributed by atoms with Crippen molar-refractivity contribution in [3.05, 3.63) is 0 Å². The molecule has 0 saturated carbocycles. The zero-order valence-electron chi connectivity index (χ0n) is 31.7. The third-order valence-corrected chi connectivity index (χ3v) is 9.83. The number of likely N-dealkylation sites (N-methyl/N-ethyl adjacent to an activating group) is 1. The van der Waals surface area contributed by atoms with Gasteiger partial charge in [-0.25, -0.2) is 4.79 Å². The second-order valence-electron chi connectivity index (χ2n) is 13.8. The molecule has 280 valence electrons. The van der Waals surface area contributed by atoms with E-state index in [0.717, 1.165) is 89.8 Å². The van der Waals surface area contributed by atoms with E-state index in [9.17, 15) is 14.7 Å². The smallest absolute Gasteiger partial charge is 0.481 e. The van der Waals surface area contributed by atoms with Crippen LogP contribution >= 0.6 is 0 Å². The van der Waals surface area contributed by atoms with Gasteiger partial charge in [-0.05, 0) is 64.3 Å². The lowest BCUT2D eigenvalue weighted by Crippen LogP contribution is -2.44. The molecule has 0 aromatic rings. The Labute approximate surface area is 290 Å². The van der Waals surface area contributed by atoms with Crippen molar-refractivity contribution in [1.29, 1.82) is 0 Å². The van der Waals surface area contributed by atoms with Gasteiger partial charge in [-0.3, -0.25) is 14.6 Å². The van der Waals surface area contributed by atoms with Crippen LogP contribution in [0.2, 0.25) is 0 Å². The number of aliphatic hydroxyl groups is 1. The van der Waals surface area contributed by atoms with Crippen LogP contribution in [0.15, 0.2) is 0 Å². The lowest BCUT2D eigenvalue weighted by molar-refractivity contribution is -0.137. The Kier molecular flexibility index (Phi) is 32.2. The molecule has 0 aromatic heterocycles. The number of nitrogens with zero attached hydrogens (tertiary/aromatic N) is 2. The highest BCUT2D eigenvalue weighted by Crippen LogP contribution is 2.25. The van der Waals surface area contributed by atoms with Crippen molar-refractivity contribution in [2.75, 3.05) is 45.9 Å². The highest BCUT2D eigenvalue weighted by molar-refractivity contribution is 5.66. The first kappa shape index (κ1) is 45.6. The van der Waals surface area contributed by atoms with Gasteiger partial charge in [-0.2, -0.15) is 0 Å². The third-order valence-electron chi connectivity index (χ3n) is 9.83. The Morgan fingerprint density at radius 3 is 1.74 bits per heavy atom. The molecule has 3 atom stereocenters. The molecule has 0 saturated heterocycles. The highest BCUT2D eigenvalue weighted by Gasteiger charge is 2.23. The maximum Gasteiger partial charge on any atom is 0.508 e. The highest BCUT2D eigenvalue weighted by atomic mass is 16.7. The number of unbranched alkanes of at least 4 members (excludes halogenated alkanes) is 13. The van der Waals surface area contributed by atoms with Gasteiger partial charge in [-0.1, -0.05) is 118 Å². The Morgan fingerprint density at radius 1 is 0.638 bits per heavy atom. The first-order valence-electron chi connectivity index (χ1n) is 19.9. The summed E-state index contributed by atoms with van der Waals surface area (Å²) in [5.41, 5.74) is 0. The zero-order chi connectivity index (χ0) is 35.0. The molecule has 0 aromatic carbocycles. The molecule has 8 heteroatoms. The molecule has 0 bridgehead atoms. The summed E-state index contributed by atoms with van der Waals surface area (Å²) in [6.07, 6.45) is 23.5. The number of aliphatic carboxylic acids is 1. The van der Waals surface area contributed by atoms with Gasteiger partial charge in [-0.15, -0.1) is 0 Å². The van der Waals surface area contributed by atoms with E-state index in [1.54, 1.807) is 0 Å². The van der Waals surface area contributed by atoms with Gasteiger partial charge < -0.3 is 19.7 Å². The predicted molar refractivity (Wildman–Crippen MR) is 196 cm³/mol. The molecule has 0 rings (SSSR count). The summed E-state index contributed by atoms with van der Waals surface area (Å²) in [5, 5.41) is 18.5. The molecule has 0 heterocycles. The van der Waals surface area contributed by atoms with E-state index in [1.165, 1.54) is 70.6 Å². The van der Waals surface area contributed by atoms with E-state index < -0.39 is 12.1 Å². The second-order valence-corrected chi connectivity index (χ2v) is 13.8. The van der Waals surface area contributed by atoms with Gasteiger partial charge in [0.25, 0.3) is 0 Å². The van der Waals surface area contributed by atoms with E-state index >= 15 is 0 Å². The second kappa shape index (κ2) is 33.1. The van der Waals surface area contributed by atoms with Gasteiger partial charge in [0, 0.05) is 38.6 Å². The Hall–Kier alpha value is -1.38. The first-order chi connectivity index (χ1) is 22.8. The fourth-order valence-corrected chi connectivity index (χ4v) is 6.64. The van der Waals surface area contributed by atoms with Crippen LogP contribution in [0.3, 0.4) is 0 Å². The largest absolute Gasteiger partial charge is 0.508 e. The van der Waals surface area contributed by atoms with Crippen molar-refractivity contribution < 1.29 is 29.3 Å². The number of aliphatic hydroxyl groups excluding tert-OH is 1. The summed E-state index contributed by atoms with van der Waals surface area (Å²) in [5.74, 6) is 0.00317. The number of carbonyl (C=O) groups excluding carboxylic acids is 1. The summed E-state index contributed by atoms with van der Waals surface area (Å²) >= 11 is 0. The van der Waals surface area contributed by atoms with Gasteiger partial charge in [0.1, 0.15) is 12.7 Å². The lowest BCUT2D eigenvalue weighted by Gasteiger charge is -2.36. The minimum atomic E-state index is -0.719. The van der Waals surface area contributed by atoms with Gasteiger partial charge in [0.15, 0.2) is 0 Å². The van der Waals surface area contributed by atoms with Crippen LogP contribution in [0, 0.1) is 5.92 Å². The van der Waals surface area contributed by atoms with Crippen molar-refractivity contribution in [3.63, 3.8) is 0 Å². The molecule has 0 fully saturated rings. The van der Waals surface area contributed by atoms with Crippen LogP contribution in [-0.4, -0.2) is 90.2 Å². The first-order valence-corrected chi connectivity index (χ1v) is 19.9. The molecular weight excluding hydrogens is 592 g/mol. The average molecular weight is 671 g/mol. The Balaban J connectivity index is 4.76. The predicted octanol–water partition coefficient (Wildman–Crippen LogP) is 9.86. The van der Waals surface area contributed by atoms with Crippen molar-refractivity contribution in [2.24, 2.45) is 5.92 Å². The minimum Gasteiger partial charge on any atom is -0.481 e. The van der Waals surface area contributed by atoms with Crippen LogP contribution in [-0.2, 0) is 14.3 Å².